The van der Waals surface area contributed by atoms with E-state index in [1.54, 1.807) is 11.9 Å². The first kappa shape index (κ1) is 14.3. The summed E-state index contributed by atoms with van der Waals surface area (Å²) >= 11 is 0. The molecule has 2 fully saturated rings. The van der Waals surface area contributed by atoms with Gasteiger partial charge in [0.05, 0.1) is 0 Å². The van der Waals surface area contributed by atoms with Gasteiger partial charge in [-0.05, 0) is 38.1 Å². The van der Waals surface area contributed by atoms with E-state index in [1.165, 1.54) is 12.8 Å². The van der Waals surface area contributed by atoms with E-state index in [0.29, 0.717) is 12.3 Å². The van der Waals surface area contributed by atoms with Crippen molar-refractivity contribution in [2.24, 2.45) is 5.92 Å². The van der Waals surface area contributed by atoms with Gasteiger partial charge in [0.15, 0.2) is 0 Å². The van der Waals surface area contributed by atoms with Crippen LogP contribution in [0.15, 0.2) is 0 Å². The van der Waals surface area contributed by atoms with Gasteiger partial charge in [-0.25, -0.2) is 0 Å². The van der Waals surface area contributed by atoms with Crippen molar-refractivity contribution in [2.45, 2.75) is 51.1 Å². The Morgan fingerprint density at radius 2 is 2.11 bits per heavy atom. The van der Waals surface area contributed by atoms with Crippen LogP contribution in [0.1, 0.15) is 39.0 Å². The molecule has 0 aromatic carbocycles. The van der Waals surface area contributed by atoms with E-state index in [1.807, 2.05) is 0 Å². The summed E-state index contributed by atoms with van der Waals surface area (Å²) in [6.45, 7) is 3.92. The first-order chi connectivity index (χ1) is 9.13. The third-order valence-electron chi connectivity index (χ3n) is 4.45. The Kier molecular flexibility index (Phi) is 4.80. The Morgan fingerprint density at radius 1 is 1.32 bits per heavy atom. The van der Waals surface area contributed by atoms with Gasteiger partial charge in [-0.3, -0.25) is 9.59 Å². The maximum absolute atomic E-state index is 12.4. The molecule has 0 saturated carbocycles. The summed E-state index contributed by atoms with van der Waals surface area (Å²) in [5.41, 5.74) is 0. The Labute approximate surface area is 115 Å². The molecule has 0 radical (unpaired) electrons. The predicted molar refractivity (Wildman–Crippen MR) is 73.6 cm³/mol. The van der Waals surface area contributed by atoms with Crippen molar-refractivity contribution in [3.05, 3.63) is 0 Å². The number of hydrogen-bond donors (Lipinski definition) is 2. The van der Waals surface area contributed by atoms with Gasteiger partial charge in [0.2, 0.25) is 11.8 Å². The SMILES string of the molecule is CNC(=O)C1CCCN1C(=O)CC1NCCCC1C. The van der Waals surface area contributed by atoms with Crippen molar-refractivity contribution in [1.29, 1.82) is 0 Å². The summed E-state index contributed by atoms with van der Waals surface area (Å²) in [5.74, 6) is 0.631. The largest absolute Gasteiger partial charge is 0.357 e. The van der Waals surface area contributed by atoms with Gasteiger partial charge in [0, 0.05) is 26.1 Å². The summed E-state index contributed by atoms with van der Waals surface area (Å²) in [6, 6.07) is 0.0172. The standard InChI is InChI=1S/C14H25N3O2/c1-10-5-3-7-16-11(10)9-13(18)17-8-4-6-12(17)14(19)15-2/h10-12,16H,3-9H2,1-2H3,(H,15,19). The second-order valence-electron chi connectivity index (χ2n) is 5.74. The zero-order valence-electron chi connectivity index (χ0n) is 11.9. The quantitative estimate of drug-likeness (QED) is 0.783. The van der Waals surface area contributed by atoms with E-state index in [4.69, 9.17) is 0 Å². The summed E-state index contributed by atoms with van der Waals surface area (Å²) < 4.78 is 0. The monoisotopic (exact) mass is 267 g/mol. The molecular weight excluding hydrogens is 242 g/mol. The minimum atomic E-state index is -0.253. The number of likely N-dealkylation sites (N-methyl/N-ethyl adjacent to an activating group) is 1. The van der Waals surface area contributed by atoms with Gasteiger partial charge in [-0.1, -0.05) is 6.92 Å². The Hall–Kier alpha value is -1.10. The Balaban J connectivity index is 1.93. The highest BCUT2D eigenvalue weighted by atomic mass is 16.2. The third-order valence-corrected chi connectivity index (χ3v) is 4.45. The maximum atomic E-state index is 12.4. The van der Waals surface area contributed by atoms with Crippen LogP contribution in [0, 0.1) is 5.92 Å². The van der Waals surface area contributed by atoms with Crippen molar-refractivity contribution in [1.82, 2.24) is 15.5 Å². The summed E-state index contributed by atoms with van der Waals surface area (Å²) in [6.07, 6.45) is 4.62. The van der Waals surface area contributed by atoms with Crippen LogP contribution in [0.4, 0.5) is 0 Å². The predicted octanol–water partition coefficient (Wildman–Crippen LogP) is 0.502. The van der Waals surface area contributed by atoms with Gasteiger partial charge in [-0.15, -0.1) is 0 Å². The molecule has 2 heterocycles. The number of hydrogen-bond acceptors (Lipinski definition) is 3. The van der Waals surface area contributed by atoms with E-state index < -0.39 is 0 Å². The van der Waals surface area contributed by atoms with Crippen LogP contribution in [-0.4, -0.2) is 48.9 Å². The van der Waals surface area contributed by atoms with E-state index in [9.17, 15) is 9.59 Å². The molecule has 2 aliphatic heterocycles. The maximum Gasteiger partial charge on any atom is 0.242 e. The highest BCUT2D eigenvalue weighted by Crippen LogP contribution is 2.22. The average Bonchev–Trinajstić information content (AvgIpc) is 2.90. The first-order valence-electron chi connectivity index (χ1n) is 7.38. The van der Waals surface area contributed by atoms with Crippen LogP contribution >= 0.6 is 0 Å². The van der Waals surface area contributed by atoms with E-state index >= 15 is 0 Å². The molecule has 3 unspecified atom stereocenters. The second-order valence-corrected chi connectivity index (χ2v) is 5.74. The van der Waals surface area contributed by atoms with Crippen LogP contribution < -0.4 is 10.6 Å². The lowest BCUT2D eigenvalue weighted by molar-refractivity contribution is -0.138. The molecule has 3 atom stereocenters. The van der Waals surface area contributed by atoms with Crippen LogP contribution in [0.5, 0.6) is 0 Å². The van der Waals surface area contributed by atoms with Gasteiger partial charge < -0.3 is 15.5 Å². The van der Waals surface area contributed by atoms with Gasteiger partial charge in [0.1, 0.15) is 6.04 Å². The third kappa shape index (κ3) is 3.26. The normalized spacial score (nSPS) is 31.3. The molecule has 0 aromatic heterocycles. The van der Waals surface area contributed by atoms with Crippen LogP contribution in [0.25, 0.3) is 0 Å². The summed E-state index contributed by atoms with van der Waals surface area (Å²) in [5, 5.41) is 6.09. The zero-order valence-corrected chi connectivity index (χ0v) is 11.9. The lowest BCUT2D eigenvalue weighted by Gasteiger charge is -2.32. The lowest BCUT2D eigenvalue weighted by atomic mass is 9.90. The fourth-order valence-electron chi connectivity index (χ4n) is 3.20. The molecular formula is C14H25N3O2. The first-order valence-corrected chi connectivity index (χ1v) is 7.38. The highest BCUT2D eigenvalue weighted by molar-refractivity contribution is 5.88. The molecule has 0 aliphatic carbocycles. The molecule has 108 valence electrons. The molecule has 2 N–H and O–H groups in total. The molecule has 5 heteroatoms. The number of rotatable bonds is 3. The molecule has 2 amide bonds. The fourth-order valence-corrected chi connectivity index (χ4v) is 3.20. The second kappa shape index (κ2) is 6.37. The highest BCUT2D eigenvalue weighted by Gasteiger charge is 2.35. The van der Waals surface area contributed by atoms with Crippen LogP contribution in [0.2, 0.25) is 0 Å². The van der Waals surface area contributed by atoms with Crippen molar-refractivity contribution in [2.75, 3.05) is 20.1 Å². The van der Waals surface area contributed by atoms with E-state index in [-0.39, 0.29) is 23.9 Å². The fraction of sp³-hybridized carbons (Fsp3) is 0.857. The van der Waals surface area contributed by atoms with Crippen molar-refractivity contribution < 1.29 is 9.59 Å². The Bertz CT molecular complexity index is 346. The smallest absolute Gasteiger partial charge is 0.242 e. The number of likely N-dealkylation sites (tertiary alicyclic amines) is 1. The number of amides is 2. The van der Waals surface area contributed by atoms with Gasteiger partial charge in [0.25, 0.3) is 0 Å². The minimum absolute atomic E-state index is 0.0319. The number of nitrogens with one attached hydrogen (secondary N) is 2. The molecule has 19 heavy (non-hydrogen) atoms. The summed E-state index contributed by atoms with van der Waals surface area (Å²) in [7, 11) is 1.63. The van der Waals surface area contributed by atoms with Gasteiger partial charge >= 0.3 is 0 Å². The number of nitrogens with zero attached hydrogens (tertiary/aromatic N) is 1. The summed E-state index contributed by atoms with van der Waals surface area (Å²) in [4.78, 5) is 25.9. The van der Waals surface area contributed by atoms with Crippen molar-refractivity contribution in [3.63, 3.8) is 0 Å². The molecule has 2 aliphatic rings. The van der Waals surface area contributed by atoms with Crippen LogP contribution in [0.3, 0.4) is 0 Å². The number of carbonyl (C=O) groups is 2. The Morgan fingerprint density at radius 3 is 2.79 bits per heavy atom. The number of carbonyl (C=O) groups excluding carboxylic acids is 2. The molecule has 0 bridgehead atoms. The molecule has 5 nitrogen and oxygen atoms in total. The van der Waals surface area contributed by atoms with Gasteiger partial charge in [-0.2, -0.15) is 0 Å². The molecule has 2 saturated heterocycles. The topological polar surface area (TPSA) is 61.4 Å². The lowest BCUT2D eigenvalue weighted by Crippen LogP contribution is -2.48. The molecule has 0 spiro atoms. The minimum Gasteiger partial charge on any atom is -0.357 e. The van der Waals surface area contributed by atoms with E-state index in [2.05, 4.69) is 17.6 Å². The van der Waals surface area contributed by atoms with Crippen molar-refractivity contribution >= 4 is 11.8 Å². The number of piperidine rings is 1. The molecule has 2 rings (SSSR count). The average molecular weight is 267 g/mol. The van der Waals surface area contributed by atoms with Crippen LogP contribution in [-0.2, 0) is 9.59 Å². The van der Waals surface area contributed by atoms with E-state index in [0.717, 1.165) is 25.9 Å². The zero-order chi connectivity index (χ0) is 13.8. The van der Waals surface area contributed by atoms with Crippen molar-refractivity contribution in [3.8, 4) is 0 Å². The molecule has 0 aromatic rings.